The molecule has 0 atom stereocenters. The van der Waals surface area contributed by atoms with E-state index in [2.05, 4.69) is 5.32 Å². The molecule has 2 N–H and O–H groups in total. The maximum absolute atomic E-state index is 14.5. The molecule has 2 fully saturated rings. The first kappa shape index (κ1) is 22.9. The van der Waals surface area contributed by atoms with Crippen LogP contribution in [0.2, 0.25) is 0 Å². The minimum absolute atomic E-state index is 0.0326. The molecule has 1 saturated heterocycles. The second-order valence-electron chi connectivity index (χ2n) is 9.02. The Balaban J connectivity index is 1.43. The molecule has 0 spiro atoms. The van der Waals surface area contributed by atoms with Gasteiger partial charge in [0.1, 0.15) is 11.4 Å². The number of carbonyl (C=O) groups is 3. The summed E-state index contributed by atoms with van der Waals surface area (Å²) in [5, 5.41) is 12.8. The number of piperazine rings is 1. The number of aliphatic hydroxyl groups is 1. The topological polar surface area (TPSA) is 90.0 Å². The monoisotopic (exact) mass is 453 g/mol. The maximum Gasteiger partial charge on any atom is 0.254 e. The van der Waals surface area contributed by atoms with E-state index < -0.39 is 11.4 Å². The summed E-state index contributed by atoms with van der Waals surface area (Å²) in [6.07, 6.45) is 1.01. The van der Waals surface area contributed by atoms with E-state index in [1.54, 1.807) is 34.1 Å². The second-order valence-corrected chi connectivity index (χ2v) is 9.02. The summed E-state index contributed by atoms with van der Waals surface area (Å²) in [4.78, 5) is 40.7. The van der Waals surface area contributed by atoms with E-state index in [0.29, 0.717) is 55.7 Å². The van der Waals surface area contributed by atoms with E-state index in [4.69, 9.17) is 0 Å². The van der Waals surface area contributed by atoms with Crippen molar-refractivity contribution in [2.45, 2.75) is 38.3 Å². The number of carbonyl (C=O) groups excluding carboxylic acids is 3. The lowest BCUT2D eigenvalue weighted by atomic mass is 10.00. The number of amides is 3. The van der Waals surface area contributed by atoms with Crippen molar-refractivity contribution in [2.75, 3.05) is 26.2 Å². The van der Waals surface area contributed by atoms with Gasteiger partial charge in [0.25, 0.3) is 17.7 Å². The first-order chi connectivity index (χ1) is 15.7. The fourth-order valence-electron chi connectivity index (χ4n) is 3.95. The Hall–Kier alpha value is -3.26. The van der Waals surface area contributed by atoms with Gasteiger partial charge in [-0.3, -0.25) is 14.4 Å². The summed E-state index contributed by atoms with van der Waals surface area (Å²) in [5.41, 5.74) is 0.494. The molecule has 33 heavy (non-hydrogen) atoms. The number of benzene rings is 2. The molecular weight excluding hydrogens is 425 g/mol. The van der Waals surface area contributed by atoms with Crippen LogP contribution in [0.3, 0.4) is 0 Å². The highest BCUT2D eigenvalue weighted by Crippen LogP contribution is 2.37. The third-order valence-electron chi connectivity index (χ3n) is 6.07. The number of halogens is 1. The van der Waals surface area contributed by atoms with Crippen molar-refractivity contribution in [3.8, 4) is 11.1 Å². The molecule has 2 aromatic rings. The third kappa shape index (κ3) is 4.90. The van der Waals surface area contributed by atoms with E-state index in [-0.39, 0.29) is 29.3 Å². The van der Waals surface area contributed by atoms with Crippen molar-refractivity contribution >= 4 is 17.7 Å². The van der Waals surface area contributed by atoms with Crippen LogP contribution >= 0.6 is 0 Å². The van der Waals surface area contributed by atoms with Gasteiger partial charge in [-0.05, 0) is 62.6 Å². The molecule has 2 aliphatic rings. The molecule has 7 nitrogen and oxygen atoms in total. The Morgan fingerprint density at radius 3 is 2.09 bits per heavy atom. The lowest BCUT2D eigenvalue weighted by Gasteiger charge is -2.35. The van der Waals surface area contributed by atoms with Gasteiger partial charge in [0.2, 0.25) is 0 Å². The number of rotatable bonds is 5. The SMILES string of the molecule is CC(C)NC(=O)c1ccc(F)c(-c2ccc(C(=O)N3CCN(C(=O)C4(O)CC4)CC3)cc2)c1. The van der Waals surface area contributed by atoms with E-state index in [1.165, 1.54) is 18.2 Å². The van der Waals surface area contributed by atoms with Crippen LogP contribution in [0.1, 0.15) is 47.4 Å². The smallest absolute Gasteiger partial charge is 0.254 e. The minimum Gasteiger partial charge on any atom is -0.380 e. The zero-order valence-corrected chi connectivity index (χ0v) is 18.8. The second kappa shape index (κ2) is 8.94. The molecule has 0 radical (unpaired) electrons. The molecule has 0 unspecified atom stereocenters. The molecule has 2 aromatic carbocycles. The molecule has 4 rings (SSSR count). The molecule has 0 bridgehead atoms. The predicted molar refractivity (Wildman–Crippen MR) is 121 cm³/mol. The minimum atomic E-state index is -1.19. The Morgan fingerprint density at radius 2 is 1.52 bits per heavy atom. The average molecular weight is 454 g/mol. The Kier molecular flexibility index (Phi) is 6.21. The zero-order chi connectivity index (χ0) is 23.8. The van der Waals surface area contributed by atoms with Crippen LogP contribution in [0.5, 0.6) is 0 Å². The molecule has 1 aliphatic heterocycles. The van der Waals surface area contributed by atoms with Crippen molar-refractivity contribution in [1.29, 1.82) is 0 Å². The predicted octanol–water partition coefficient (Wildman–Crippen LogP) is 2.44. The van der Waals surface area contributed by atoms with E-state index in [9.17, 15) is 23.9 Å². The van der Waals surface area contributed by atoms with Gasteiger partial charge in [-0.1, -0.05) is 12.1 Å². The average Bonchev–Trinajstić information content (AvgIpc) is 3.56. The number of nitrogens with zero attached hydrogens (tertiary/aromatic N) is 2. The summed E-state index contributed by atoms with van der Waals surface area (Å²) in [7, 11) is 0. The standard InChI is InChI=1S/C25H28FN3O4/c1-16(2)27-22(30)19-7-8-21(26)20(15-19)17-3-5-18(6-4-17)23(31)28-11-13-29(14-12-28)24(32)25(33)9-10-25/h3-8,15-16,33H,9-14H2,1-2H3,(H,27,30). The number of hydrogen-bond acceptors (Lipinski definition) is 4. The number of nitrogens with one attached hydrogen (secondary N) is 1. The van der Waals surface area contributed by atoms with Crippen LogP contribution in [0.25, 0.3) is 11.1 Å². The molecule has 174 valence electrons. The van der Waals surface area contributed by atoms with Gasteiger partial charge < -0.3 is 20.2 Å². The molecule has 3 amide bonds. The van der Waals surface area contributed by atoms with Crippen molar-refractivity contribution in [2.24, 2.45) is 0 Å². The van der Waals surface area contributed by atoms with Crippen molar-refractivity contribution in [1.82, 2.24) is 15.1 Å². The third-order valence-corrected chi connectivity index (χ3v) is 6.07. The normalized spacial score (nSPS) is 17.1. The lowest BCUT2D eigenvalue weighted by Crippen LogP contribution is -2.53. The Morgan fingerprint density at radius 1 is 0.939 bits per heavy atom. The summed E-state index contributed by atoms with van der Waals surface area (Å²) >= 11 is 0. The van der Waals surface area contributed by atoms with Crippen LogP contribution in [-0.4, -0.2) is 70.4 Å². The van der Waals surface area contributed by atoms with Gasteiger partial charge in [-0.25, -0.2) is 4.39 Å². The van der Waals surface area contributed by atoms with Crippen LogP contribution < -0.4 is 5.32 Å². The lowest BCUT2D eigenvalue weighted by molar-refractivity contribution is -0.143. The Labute approximate surface area is 192 Å². The summed E-state index contributed by atoms with van der Waals surface area (Å²) in [6.45, 7) is 5.27. The van der Waals surface area contributed by atoms with Gasteiger partial charge in [0.05, 0.1) is 0 Å². The molecule has 1 aliphatic carbocycles. The summed E-state index contributed by atoms with van der Waals surface area (Å²) in [5.74, 6) is -1.13. The molecular formula is C25H28FN3O4. The first-order valence-corrected chi connectivity index (χ1v) is 11.2. The van der Waals surface area contributed by atoms with Crippen LogP contribution in [-0.2, 0) is 4.79 Å². The summed E-state index contributed by atoms with van der Waals surface area (Å²) in [6, 6.07) is 10.8. The van der Waals surface area contributed by atoms with E-state index in [0.717, 1.165) is 0 Å². The van der Waals surface area contributed by atoms with Crippen molar-refractivity contribution in [3.63, 3.8) is 0 Å². The highest BCUT2D eigenvalue weighted by molar-refractivity contribution is 5.97. The highest BCUT2D eigenvalue weighted by Gasteiger charge is 2.50. The van der Waals surface area contributed by atoms with Gasteiger partial charge in [0, 0.05) is 48.9 Å². The van der Waals surface area contributed by atoms with Crippen molar-refractivity contribution < 1.29 is 23.9 Å². The quantitative estimate of drug-likeness (QED) is 0.728. The largest absolute Gasteiger partial charge is 0.380 e. The van der Waals surface area contributed by atoms with E-state index in [1.807, 2.05) is 13.8 Å². The van der Waals surface area contributed by atoms with Gasteiger partial charge >= 0.3 is 0 Å². The first-order valence-electron chi connectivity index (χ1n) is 11.2. The molecule has 1 heterocycles. The van der Waals surface area contributed by atoms with Gasteiger partial charge in [0.15, 0.2) is 0 Å². The Bertz CT molecular complexity index is 1070. The molecule has 0 aromatic heterocycles. The zero-order valence-electron chi connectivity index (χ0n) is 18.8. The van der Waals surface area contributed by atoms with Crippen LogP contribution in [0.15, 0.2) is 42.5 Å². The van der Waals surface area contributed by atoms with Crippen LogP contribution in [0.4, 0.5) is 4.39 Å². The maximum atomic E-state index is 14.5. The van der Waals surface area contributed by atoms with E-state index >= 15 is 0 Å². The van der Waals surface area contributed by atoms with Crippen molar-refractivity contribution in [3.05, 3.63) is 59.4 Å². The fourth-order valence-corrected chi connectivity index (χ4v) is 3.95. The molecule has 8 heteroatoms. The fraction of sp³-hybridized carbons (Fsp3) is 0.400. The number of hydrogen-bond donors (Lipinski definition) is 2. The highest BCUT2D eigenvalue weighted by atomic mass is 19.1. The van der Waals surface area contributed by atoms with Gasteiger partial charge in [-0.15, -0.1) is 0 Å². The van der Waals surface area contributed by atoms with Gasteiger partial charge in [-0.2, -0.15) is 0 Å². The molecule has 1 saturated carbocycles. The van der Waals surface area contributed by atoms with Crippen LogP contribution in [0, 0.1) is 5.82 Å². The summed E-state index contributed by atoms with van der Waals surface area (Å²) < 4.78 is 14.5.